The highest BCUT2D eigenvalue weighted by molar-refractivity contribution is 5.90. The van der Waals surface area contributed by atoms with Crippen LogP contribution in [0.15, 0.2) is 18.2 Å². The molecule has 6 nitrogen and oxygen atoms in total. The third-order valence-electron chi connectivity index (χ3n) is 2.63. The number of nitrogens with zero attached hydrogens (tertiary/aromatic N) is 3. The average Bonchev–Trinajstić information content (AvgIpc) is 2.76. The van der Waals surface area contributed by atoms with E-state index >= 15 is 0 Å². The summed E-state index contributed by atoms with van der Waals surface area (Å²) in [5.41, 5.74) is 2.74. The van der Waals surface area contributed by atoms with Crippen molar-refractivity contribution in [2.75, 3.05) is 12.4 Å². The lowest BCUT2D eigenvalue weighted by molar-refractivity contribution is 0.0691. The number of aromatic nitrogens is 3. The Morgan fingerprint density at radius 1 is 1.33 bits per heavy atom. The van der Waals surface area contributed by atoms with Crippen molar-refractivity contribution < 1.29 is 9.90 Å². The van der Waals surface area contributed by atoms with Crippen molar-refractivity contribution in [2.45, 2.75) is 13.8 Å². The van der Waals surface area contributed by atoms with Gasteiger partial charge in [0.05, 0.1) is 5.69 Å². The molecular weight excluding hydrogens is 232 g/mol. The molecule has 0 bridgehead atoms. The maximum absolute atomic E-state index is 11.0. The van der Waals surface area contributed by atoms with Crippen LogP contribution in [0.4, 0.5) is 5.82 Å². The number of hydrogen-bond donors (Lipinski definition) is 2. The van der Waals surface area contributed by atoms with Gasteiger partial charge in [-0.2, -0.15) is 0 Å². The van der Waals surface area contributed by atoms with Crippen molar-refractivity contribution in [1.82, 2.24) is 15.0 Å². The molecule has 0 saturated heterocycles. The lowest BCUT2D eigenvalue weighted by Crippen LogP contribution is -2.04. The molecule has 2 N–H and O–H groups in total. The molecule has 6 heteroatoms. The second-order valence-electron chi connectivity index (χ2n) is 4.03. The highest BCUT2D eigenvalue weighted by atomic mass is 16.4. The molecule has 2 aromatic rings. The normalized spacial score (nSPS) is 10.4. The fourth-order valence-electron chi connectivity index (χ4n) is 1.66. The van der Waals surface area contributed by atoms with Crippen LogP contribution in [0.5, 0.6) is 0 Å². The van der Waals surface area contributed by atoms with E-state index in [0.717, 1.165) is 16.8 Å². The number of carboxylic acid groups (broad SMARTS) is 1. The quantitative estimate of drug-likeness (QED) is 0.860. The van der Waals surface area contributed by atoms with Crippen molar-refractivity contribution in [3.05, 3.63) is 35.0 Å². The Hall–Kier alpha value is -2.37. The van der Waals surface area contributed by atoms with Crippen LogP contribution < -0.4 is 5.32 Å². The molecule has 0 aliphatic carbocycles. The molecular formula is C12H14N4O2. The summed E-state index contributed by atoms with van der Waals surface area (Å²) in [7, 11) is 1.61. The van der Waals surface area contributed by atoms with Crippen LogP contribution in [0.1, 0.15) is 21.6 Å². The molecule has 94 valence electrons. The predicted molar refractivity (Wildman–Crippen MR) is 67.3 cm³/mol. The monoisotopic (exact) mass is 246 g/mol. The minimum absolute atomic E-state index is 0.0848. The Kier molecular flexibility index (Phi) is 3.01. The Morgan fingerprint density at radius 3 is 2.61 bits per heavy atom. The van der Waals surface area contributed by atoms with Crippen molar-refractivity contribution >= 4 is 11.8 Å². The molecule has 1 aromatic carbocycles. The van der Waals surface area contributed by atoms with E-state index in [1.165, 1.54) is 4.80 Å². The third-order valence-corrected chi connectivity index (χ3v) is 2.63. The first kappa shape index (κ1) is 12.1. The number of anilines is 1. The molecule has 0 fully saturated rings. The third kappa shape index (κ3) is 2.04. The molecule has 0 radical (unpaired) electrons. The Labute approximate surface area is 104 Å². The minimum atomic E-state index is -1.10. The number of carboxylic acids is 1. The molecule has 1 aromatic heterocycles. The van der Waals surface area contributed by atoms with E-state index in [-0.39, 0.29) is 11.5 Å². The molecule has 0 aliphatic heterocycles. The number of aromatic carboxylic acids is 1. The topological polar surface area (TPSA) is 80.0 Å². The first-order valence-corrected chi connectivity index (χ1v) is 5.49. The summed E-state index contributed by atoms with van der Waals surface area (Å²) in [5, 5.41) is 19.9. The Balaban J connectivity index is 2.57. The highest BCUT2D eigenvalue weighted by Gasteiger charge is 2.18. The number of hydrogen-bond acceptors (Lipinski definition) is 4. The number of carbonyl (C=O) groups is 1. The van der Waals surface area contributed by atoms with Crippen LogP contribution in [0, 0.1) is 13.8 Å². The van der Waals surface area contributed by atoms with Crippen LogP contribution >= 0.6 is 0 Å². The highest BCUT2D eigenvalue weighted by Crippen LogP contribution is 2.17. The summed E-state index contributed by atoms with van der Waals surface area (Å²) in [6.07, 6.45) is 0. The summed E-state index contributed by atoms with van der Waals surface area (Å²) in [6, 6.07) is 5.85. The molecule has 2 rings (SSSR count). The van der Waals surface area contributed by atoms with Crippen molar-refractivity contribution in [3.8, 4) is 5.69 Å². The van der Waals surface area contributed by atoms with Gasteiger partial charge in [0, 0.05) is 7.05 Å². The molecule has 0 unspecified atom stereocenters. The largest absolute Gasteiger partial charge is 0.476 e. The zero-order valence-corrected chi connectivity index (χ0v) is 10.4. The molecule has 18 heavy (non-hydrogen) atoms. The van der Waals surface area contributed by atoms with E-state index in [4.69, 9.17) is 5.11 Å². The Bertz CT molecular complexity index is 604. The molecule has 0 amide bonds. The van der Waals surface area contributed by atoms with Gasteiger partial charge in [0.25, 0.3) is 0 Å². The zero-order valence-electron chi connectivity index (χ0n) is 10.4. The van der Waals surface area contributed by atoms with Gasteiger partial charge in [-0.3, -0.25) is 0 Å². The first-order valence-electron chi connectivity index (χ1n) is 5.49. The zero-order chi connectivity index (χ0) is 13.3. The molecule has 0 saturated carbocycles. The summed E-state index contributed by atoms with van der Waals surface area (Å²) in [5.74, 6) is -0.848. The van der Waals surface area contributed by atoms with E-state index in [0.29, 0.717) is 0 Å². The SMILES string of the molecule is CNc1nn(-c2cc(C)ccc2C)nc1C(=O)O. The van der Waals surface area contributed by atoms with Crippen LogP contribution in [-0.4, -0.2) is 33.1 Å². The maximum atomic E-state index is 11.0. The summed E-state index contributed by atoms with van der Waals surface area (Å²) in [4.78, 5) is 12.4. The fourth-order valence-corrected chi connectivity index (χ4v) is 1.66. The minimum Gasteiger partial charge on any atom is -0.476 e. The van der Waals surface area contributed by atoms with Crippen LogP contribution in [0.2, 0.25) is 0 Å². The van der Waals surface area contributed by atoms with E-state index in [9.17, 15) is 4.79 Å². The lowest BCUT2D eigenvalue weighted by atomic mass is 10.1. The molecule has 0 spiro atoms. The van der Waals surface area contributed by atoms with E-state index in [1.54, 1.807) is 7.05 Å². The van der Waals surface area contributed by atoms with Crippen LogP contribution in [-0.2, 0) is 0 Å². The predicted octanol–water partition coefficient (Wildman–Crippen LogP) is 1.62. The van der Waals surface area contributed by atoms with E-state index < -0.39 is 5.97 Å². The number of aryl methyl sites for hydroxylation is 2. The molecule has 1 heterocycles. The van der Waals surface area contributed by atoms with Crippen LogP contribution in [0.25, 0.3) is 5.69 Å². The van der Waals surface area contributed by atoms with Crippen LogP contribution in [0.3, 0.4) is 0 Å². The standard InChI is InChI=1S/C12H14N4O2/c1-7-4-5-8(2)9(6-7)16-14-10(12(17)18)11(13-3)15-16/h4-6H,1-3H3,(H,13,15)(H,17,18). The smallest absolute Gasteiger partial charge is 0.360 e. The Morgan fingerprint density at radius 2 is 2.06 bits per heavy atom. The van der Waals surface area contributed by atoms with E-state index in [1.807, 2.05) is 32.0 Å². The van der Waals surface area contributed by atoms with Gasteiger partial charge in [-0.05, 0) is 31.0 Å². The van der Waals surface area contributed by atoms with Gasteiger partial charge in [0.1, 0.15) is 0 Å². The van der Waals surface area contributed by atoms with Crippen molar-refractivity contribution in [2.24, 2.45) is 0 Å². The van der Waals surface area contributed by atoms with Gasteiger partial charge < -0.3 is 10.4 Å². The van der Waals surface area contributed by atoms with Gasteiger partial charge in [0.2, 0.25) is 5.69 Å². The van der Waals surface area contributed by atoms with Crippen molar-refractivity contribution in [3.63, 3.8) is 0 Å². The van der Waals surface area contributed by atoms with E-state index in [2.05, 4.69) is 15.5 Å². The van der Waals surface area contributed by atoms with Crippen molar-refractivity contribution in [1.29, 1.82) is 0 Å². The van der Waals surface area contributed by atoms with Gasteiger partial charge >= 0.3 is 5.97 Å². The number of nitrogens with one attached hydrogen (secondary N) is 1. The maximum Gasteiger partial charge on any atom is 0.360 e. The first-order chi connectivity index (χ1) is 8.52. The van der Waals surface area contributed by atoms with Gasteiger partial charge in [-0.25, -0.2) is 4.79 Å². The summed E-state index contributed by atoms with van der Waals surface area (Å²) >= 11 is 0. The summed E-state index contributed by atoms with van der Waals surface area (Å²) < 4.78 is 0. The molecule has 0 atom stereocenters. The second kappa shape index (κ2) is 4.48. The van der Waals surface area contributed by atoms with Gasteiger partial charge in [-0.15, -0.1) is 15.0 Å². The molecule has 0 aliphatic rings. The number of rotatable bonds is 3. The lowest BCUT2D eigenvalue weighted by Gasteiger charge is -2.04. The fraction of sp³-hybridized carbons (Fsp3) is 0.250. The van der Waals surface area contributed by atoms with Gasteiger partial charge in [-0.1, -0.05) is 12.1 Å². The number of benzene rings is 1. The summed E-state index contributed by atoms with van der Waals surface area (Å²) in [6.45, 7) is 3.89. The van der Waals surface area contributed by atoms with Gasteiger partial charge in [0.15, 0.2) is 5.82 Å². The average molecular weight is 246 g/mol. The second-order valence-corrected chi connectivity index (χ2v) is 4.03.